The third kappa shape index (κ3) is 1.24. The van der Waals surface area contributed by atoms with Crippen LogP contribution in [0.1, 0.15) is 0 Å². The molecule has 0 bridgehead atoms. The van der Waals surface area contributed by atoms with Crippen molar-refractivity contribution in [1.29, 1.82) is 0 Å². The summed E-state index contributed by atoms with van der Waals surface area (Å²) in [5.41, 5.74) is 12.6. The fourth-order valence-electron chi connectivity index (χ4n) is 1.28. The molecule has 0 aliphatic carbocycles. The van der Waals surface area contributed by atoms with Gasteiger partial charge in [0.05, 0.1) is 17.6 Å². The molecule has 1 aromatic heterocycles. The van der Waals surface area contributed by atoms with Crippen LogP contribution < -0.4 is 11.5 Å². The molecular weight excluding hydrogens is 180 g/mol. The molecule has 0 spiro atoms. The van der Waals surface area contributed by atoms with Crippen molar-refractivity contribution in [2.24, 2.45) is 0 Å². The van der Waals surface area contributed by atoms with Crippen LogP contribution in [0.5, 0.6) is 5.88 Å². The molecule has 14 heavy (non-hydrogen) atoms. The highest BCUT2D eigenvalue weighted by molar-refractivity contribution is 5.60. The lowest BCUT2D eigenvalue weighted by atomic mass is 10.3. The molecule has 0 atom stereocenters. The molecule has 0 fully saturated rings. The third-order valence-electron chi connectivity index (χ3n) is 1.92. The van der Waals surface area contributed by atoms with E-state index in [1.54, 1.807) is 12.1 Å². The predicted octanol–water partition coefficient (Wildman–Crippen LogP) is 0.742. The number of anilines is 2. The number of nitrogens with two attached hydrogens (primary N) is 2. The predicted molar refractivity (Wildman–Crippen MR) is 54.1 cm³/mol. The smallest absolute Gasteiger partial charge is 0.231 e. The topological polar surface area (TPSA) is 90.1 Å². The minimum Gasteiger partial charge on any atom is -0.492 e. The van der Waals surface area contributed by atoms with Crippen LogP contribution in [0.4, 0.5) is 11.6 Å². The molecule has 72 valence electrons. The van der Waals surface area contributed by atoms with Gasteiger partial charge in [-0.3, -0.25) is 4.57 Å². The number of rotatable bonds is 1. The molecule has 0 aliphatic heterocycles. The van der Waals surface area contributed by atoms with Crippen molar-refractivity contribution < 1.29 is 5.11 Å². The first-order chi connectivity index (χ1) is 6.68. The van der Waals surface area contributed by atoms with Crippen molar-refractivity contribution in [3.05, 3.63) is 30.5 Å². The van der Waals surface area contributed by atoms with Crippen molar-refractivity contribution in [2.75, 3.05) is 11.5 Å². The second kappa shape index (κ2) is 2.95. The van der Waals surface area contributed by atoms with Gasteiger partial charge >= 0.3 is 0 Å². The van der Waals surface area contributed by atoms with Crippen LogP contribution in [0.3, 0.4) is 0 Å². The molecule has 0 saturated heterocycles. The maximum atomic E-state index is 9.13. The zero-order chi connectivity index (χ0) is 10.1. The van der Waals surface area contributed by atoms with Crippen molar-refractivity contribution in [3.8, 4) is 11.6 Å². The maximum Gasteiger partial charge on any atom is 0.231 e. The molecule has 0 radical (unpaired) electrons. The Bertz CT molecular complexity index is 464. The number of nitrogen functional groups attached to an aromatic ring is 2. The molecule has 5 heteroatoms. The molecule has 0 unspecified atom stereocenters. The summed E-state index contributed by atoms with van der Waals surface area (Å²) < 4.78 is 1.53. The van der Waals surface area contributed by atoms with Gasteiger partial charge in [0.2, 0.25) is 11.8 Å². The van der Waals surface area contributed by atoms with E-state index >= 15 is 0 Å². The molecule has 0 aliphatic rings. The fraction of sp³-hybridized carbons (Fsp3) is 0. The molecule has 1 heterocycles. The number of para-hydroxylation sites is 2. The van der Waals surface area contributed by atoms with E-state index < -0.39 is 0 Å². The first-order valence-electron chi connectivity index (χ1n) is 4.07. The lowest BCUT2D eigenvalue weighted by Crippen LogP contribution is -2.02. The van der Waals surface area contributed by atoms with Gasteiger partial charge in [0.25, 0.3) is 0 Å². The minimum atomic E-state index is -0.120. The van der Waals surface area contributed by atoms with E-state index in [9.17, 15) is 0 Å². The number of nitrogens with zero attached hydrogens (tertiary/aromatic N) is 2. The molecule has 5 nitrogen and oxygen atoms in total. The van der Waals surface area contributed by atoms with Gasteiger partial charge in [0.15, 0.2) is 0 Å². The second-order valence-corrected chi connectivity index (χ2v) is 2.89. The highest BCUT2D eigenvalue weighted by Crippen LogP contribution is 2.22. The normalized spacial score (nSPS) is 10.3. The van der Waals surface area contributed by atoms with Gasteiger partial charge in [0.1, 0.15) is 0 Å². The monoisotopic (exact) mass is 190 g/mol. The Morgan fingerprint density at radius 3 is 2.50 bits per heavy atom. The maximum absolute atomic E-state index is 9.13. The Morgan fingerprint density at radius 2 is 1.93 bits per heavy atom. The van der Waals surface area contributed by atoms with Crippen LogP contribution in [0.25, 0.3) is 5.69 Å². The van der Waals surface area contributed by atoms with Crippen molar-refractivity contribution in [1.82, 2.24) is 9.55 Å². The van der Waals surface area contributed by atoms with Crippen molar-refractivity contribution in [3.63, 3.8) is 0 Å². The summed E-state index contributed by atoms with van der Waals surface area (Å²) in [5.74, 6) is 0.0890. The van der Waals surface area contributed by atoms with E-state index in [1.807, 2.05) is 12.1 Å². The summed E-state index contributed by atoms with van der Waals surface area (Å²) in [6.07, 6.45) is 1.42. The Labute approximate surface area is 80.6 Å². The van der Waals surface area contributed by atoms with Gasteiger partial charge in [-0.05, 0) is 12.1 Å². The van der Waals surface area contributed by atoms with Crippen LogP contribution in [0.15, 0.2) is 30.5 Å². The zero-order valence-corrected chi connectivity index (χ0v) is 7.38. The molecule has 0 saturated carbocycles. The molecule has 1 aromatic carbocycles. The van der Waals surface area contributed by atoms with Crippen molar-refractivity contribution >= 4 is 11.6 Å². The molecule has 0 amide bonds. The summed E-state index contributed by atoms with van der Waals surface area (Å²) in [7, 11) is 0. The summed E-state index contributed by atoms with van der Waals surface area (Å²) in [6.45, 7) is 0. The first kappa shape index (κ1) is 8.43. The third-order valence-corrected chi connectivity index (χ3v) is 1.92. The van der Waals surface area contributed by atoms with Gasteiger partial charge in [-0.2, -0.15) is 4.98 Å². The first-order valence-corrected chi connectivity index (χ1v) is 4.07. The van der Waals surface area contributed by atoms with E-state index in [-0.39, 0.29) is 11.8 Å². The summed E-state index contributed by atoms with van der Waals surface area (Å²) in [4.78, 5) is 3.67. The number of imidazole rings is 1. The standard InChI is InChI=1S/C9H10N4O/c10-6-3-1-2-4-7(6)13-5-8(14)12-9(13)11/h1-5,14H,10H2,(H2,11,12). The number of hydrogen-bond acceptors (Lipinski definition) is 4. The lowest BCUT2D eigenvalue weighted by Gasteiger charge is -2.06. The molecule has 2 rings (SSSR count). The second-order valence-electron chi connectivity index (χ2n) is 2.89. The van der Waals surface area contributed by atoms with Gasteiger partial charge in [-0.25, -0.2) is 0 Å². The largest absolute Gasteiger partial charge is 0.492 e. The lowest BCUT2D eigenvalue weighted by molar-refractivity contribution is 0.456. The Balaban J connectivity index is 2.60. The number of benzene rings is 1. The average Bonchev–Trinajstić information content (AvgIpc) is 2.46. The number of aromatic hydroxyl groups is 1. The van der Waals surface area contributed by atoms with E-state index in [4.69, 9.17) is 16.6 Å². The van der Waals surface area contributed by atoms with E-state index in [0.717, 1.165) is 0 Å². The Morgan fingerprint density at radius 1 is 1.21 bits per heavy atom. The summed E-state index contributed by atoms with van der Waals surface area (Å²) >= 11 is 0. The van der Waals surface area contributed by atoms with Crippen LogP contribution >= 0.6 is 0 Å². The van der Waals surface area contributed by atoms with E-state index in [2.05, 4.69) is 4.98 Å². The van der Waals surface area contributed by atoms with E-state index in [1.165, 1.54) is 10.8 Å². The van der Waals surface area contributed by atoms with Gasteiger partial charge in [-0.15, -0.1) is 0 Å². The van der Waals surface area contributed by atoms with Crippen LogP contribution in [-0.4, -0.2) is 14.7 Å². The fourth-order valence-corrected chi connectivity index (χ4v) is 1.28. The molecular formula is C9H10N4O. The number of hydrogen-bond donors (Lipinski definition) is 3. The Kier molecular flexibility index (Phi) is 1.78. The zero-order valence-electron chi connectivity index (χ0n) is 7.38. The summed E-state index contributed by atoms with van der Waals surface area (Å²) in [5, 5.41) is 9.13. The number of aromatic nitrogens is 2. The summed E-state index contributed by atoms with van der Waals surface area (Å²) in [6, 6.07) is 7.21. The van der Waals surface area contributed by atoms with E-state index in [0.29, 0.717) is 11.4 Å². The highest BCUT2D eigenvalue weighted by atomic mass is 16.3. The SMILES string of the molecule is Nc1ccccc1-n1cc(O)nc1N. The average molecular weight is 190 g/mol. The van der Waals surface area contributed by atoms with Crippen LogP contribution in [0, 0.1) is 0 Å². The van der Waals surface area contributed by atoms with Gasteiger partial charge in [0, 0.05) is 0 Å². The van der Waals surface area contributed by atoms with Crippen LogP contribution in [0.2, 0.25) is 0 Å². The Hall–Kier alpha value is -2.17. The minimum absolute atomic E-state index is 0.120. The quantitative estimate of drug-likeness (QED) is 0.578. The molecule has 2 aromatic rings. The van der Waals surface area contributed by atoms with Gasteiger partial charge < -0.3 is 16.6 Å². The highest BCUT2D eigenvalue weighted by Gasteiger charge is 2.07. The van der Waals surface area contributed by atoms with Crippen LogP contribution in [-0.2, 0) is 0 Å². The van der Waals surface area contributed by atoms with Crippen molar-refractivity contribution in [2.45, 2.75) is 0 Å². The molecule has 5 N–H and O–H groups in total. The van der Waals surface area contributed by atoms with Gasteiger partial charge in [-0.1, -0.05) is 12.1 Å².